The van der Waals surface area contributed by atoms with Gasteiger partial charge in [0.05, 0.1) is 24.7 Å². The standard InChI is InChI=1S/C11H18N2O/c12-5-3-10-1-2-11(14-10)7-9-4-6-13-8-9/h9-11,13H,1-4,6-8H2. The van der Waals surface area contributed by atoms with E-state index in [1.165, 1.54) is 19.4 Å². The van der Waals surface area contributed by atoms with Crippen molar-refractivity contribution in [3.05, 3.63) is 0 Å². The maximum atomic E-state index is 8.56. The summed E-state index contributed by atoms with van der Waals surface area (Å²) in [6.45, 7) is 2.32. The first-order valence-corrected chi connectivity index (χ1v) is 5.61. The first-order chi connectivity index (χ1) is 6.88. The topological polar surface area (TPSA) is 45.0 Å². The zero-order chi connectivity index (χ0) is 9.80. The Bertz CT molecular complexity index is 218. The summed E-state index contributed by atoms with van der Waals surface area (Å²) in [6.07, 6.45) is 5.94. The van der Waals surface area contributed by atoms with E-state index in [1.807, 2.05) is 0 Å². The van der Waals surface area contributed by atoms with Crippen molar-refractivity contribution in [2.24, 2.45) is 5.92 Å². The minimum atomic E-state index is 0.222. The van der Waals surface area contributed by atoms with Crippen LogP contribution in [0.4, 0.5) is 0 Å². The van der Waals surface area contributed by atoms with E-state index in [2.05, 4.69) is 11.4 Å². The van der Waals surface area contributed by atoms with Crippen molar-refractivity contribution in [2.75, 3.05) is 13.1 Å². The van der Waals surface area contributed by atoms with Crippen molar-refractivity contribution in [1.29, 1.82) is 5.26 Å². The lowest BCUT2D eigenvalue weighted by Gasteiger charge is -2.15. The molecule has 2 saturated heterocycles. The number of nitrogens with zero attached hydrogens (tertiary/aromatic N) is 1. The third-order valence-corrected chi connectivity index (χ3v) is 3.27. The molecule has 2 aliphatic heterocycles. The number of ether oxygens (including phenoxy) is 1. The number of nitriles is 1. The van der Waals surface area contributed by atoms with E-state index in [4.69, 9.17) is 10.00 Å². The molecule has 2 fully saturated rings. The number of hydrogen-bond donors (Lipinski definition) is 1. The van der Waals surface area contributed by atoms with E-state index in [0.29, 0.717) is 12.5 Å². The molecule has 0 aromatic rings. The van der Waals surface area contributed by atoms with Crippen LogP contribution in [-0.2, 0) is 4.74 Å². The van der Waals surface area contributed by atoms with Crippen molar-refractivity contribution in [3.63, 3.8) is 0 Å². The lowest BCUT2D eigenvalue weighted by atomic mass is 9.99. The summed E-state index contributed by atoms with van der Waals surface area (Å²) in [7, 11) is 0. The molecule has 0 amide bonds. The van der Waals surface area contributed by atoms with Crippen molar-refractivity contribution in [2.45, 2.75) is 44.3 Å². The van der Waals surface area contributed by atoms with Gasteiger partial charge in [0.1, 0.15) is 0 Å². The van der Waals surface area contributed by atoms with Gasteiger partial charge in [0.2, 0.25) is 0 Å². The smallest absolute Gasteiger partial charge is 0.0709 e. The number of hydrogen-bond acceptors (Lipinski definition) is 3. The first-order valence-electron chi connectivity index (χ1n) is 5.61. The highest BCUT2D eigenvalue weighted by Crippen LogP contribution is 2.28. The summed E-state index contributed by atoms with van der Waals surface area (Å²) in [4.78, 5) is 0. The molecule has 0 aliphatic carbocycles. The van der Waals surface area contributed by atoms with E-state index in [-0.39, 0.29) is 6.10 Å². The minimum absolute atomic E-state index is 0.222. The highest BCUT2D eigenvalue weighted by molar-refractivity contribution is 4.84. The molecule has 78 valence electrons. The van der Waals surface area contributed by atoms with Crippen molar-refractivity contribution in [3.8, 4) is 6.07 Å². The molecule has 2 aliphatic rings. The second-order valence-electron chi connectivity index (χ2n) is 4.41. The van der Waals surface area contributed by atoms with Gasteiger partial charge in [-0.2, -0.15) is 5.26 Å². The molecule has 0 bridgehead atoms. The second kappa shape index (κ2) is 4.77. The van der Waals surface area contributed by atoms with Crippen molar-refractivity contribution >= 4 is 0 Å². The van der Waals surface area contributed by atoms with Crippen LogP contribution in [0, 0.1) is 17.2 Å². The van der Waals surface area contributed by atoms with Gasteiger partial charge in [0.25, 0.3) is 0 Å². The Hall–Kier alpha value is -0.590. The summed E-state index contributed by atoms with van der Waals surface area (Å²) < 4.78 is 5.81. The molecule has 0 saturated carbocycles. The molecule has 3 nitrogen and oxygen atoms in total. The van der Waals surface area contributed by atoms with Gasteiger partial charge in [-0.25, -0.2) is 0 Å². The molecule has 0 spiro atoms. The monoisotopic (exact) mass is 194 g/mol. The molecule has 14 heavy (non-hydrogen) atoms. The van der Waals surface area contributed by atoms with Crippen molar-refractivity contribution < 1.29 is 4.74 Å². The van der Waals surface area contributed by atoms with Crippen LogP contribution in [0.3, 0.4) is 0 Å². The predicted octanol–water partition coefficient (Wildman–Crippen LogP) is 1.45. The molecular formula is C11H18N2O. The molecule has 0 aromatic heterocycles. The molecule has 3 unspecified atom stereocenters. The van der Waals surface area contributed by atoms with E-state index in [1.54, 1.807) is 0 Å². The normalized spacial score (nSPS) is 37.2. The van der Waals surface area contributed by atoms with Crippen LogP contribution in [0.15, 0.2) is 0 Å². The Labute approximate surface area is 85.4 Å². The summed E-state index contributed by atoms with van der Waals surface area (Å²) in [5.41, 5.74) is 0. The third-order valence-electron chi connectivity index (χ3n) is 3.27. The van der Waals surface area contributed by atoms with E-state index >= 15 is 0 Å². The molecule has 1 N–H and O–H groups in total. The second-order valence-corrected chi connectivity index (χ2v) is 4.41. The largest absolute Gasteiger partial charge is 0.374 e. The summed E-state index contributed by atoms with van der Waals surface area (Å²) >= 11 is 0. The lowest BCUT2D eigenvalue weighted by molar-refractivity contribution is 0.0353. The van der Waals surface area contributed by atoms with Gasteiger partial charge in [-0.3, -0.25) is 0 Å². The quantitative estimate of drug-likeness (QED) is 0.739. The molecular weight excluding hydrogens is 176 g/mol. The highest BCUT2D eigenvalue weighted by Gasteiger charge is 2.28. The zero-order valence-electron chi connectivity index (χ0n) is 8.54. The van der Waals surface area contributed by atoms with Crippen molar-refractivity contribution in [1.82, 2.24) is 5.32 Å². The highest BCUT2D eigenvalue weighted by atomic mass is 16.5. The van der Waals surface area contributed by atoms with Crippen LogP contribution in [0.5, 0.6) is 0 Å². The molecule has 3 heteroatoms. The molecule has 2 rings (SSSR count). The van der Waals surface area contributed by atoms with Crippen LogP contribution < -0.4 is 5.32 Å². The minimum Gasteiger partial charge on any atom is -0.374 e. The fourth-order valence-corrected chi connectivity index (χ4v) is 2.49. The first kappa shape index (κ1) is 9.95. The Morgan fingerprint density at radius 2 is 2.14 bits per heavy atom. The fourth-order valence-electron chi connectivity index (χ4n) is 2.49. The summed E-state index contributed by atoms with van der Waals surface area (Å²) in [6, 6.07) is 2.19. The molecule has 0 radical (unpaired) electrons. The third kappa shape index (κ3) is 2.46. The summed E-state index contributed by atoms with van der Waals surface area (Å²) in [5, 5.41) is 11.9. The SMILES string of the molecule is N#CCC1CCC(CC2CCNC2)O1. The van der Waals surface area contributed by atoms with Gasteiger partial charge in [-0.05, 0) is 44.7 Å². The van der Waals surface area contributed by atoms with Gasteiger partial charge < -0.3 is 10.1 Å². The maximum absolute atomic E-state index is 8.56. The fraction of sp³-hybridized carbons (Fsp3) is 0.909. The Morgan fingerprint density at radius 3 is 2.86 bits per heavy atom. The maximum Gasteiger partial charge on any atom is 0.0709 e. The zero-order valence-corrected chi connectivity index (χ0v) is 8.54. The molecule has 3 atom stereocenters. The molecule has 2 heterocycles. The average molecular weight is 194 g/mol. The van der Waals surface area contributed by atoms with Crippen LogP contribution in [-0.4, -0.2) is 25.3 Å². The summed E-state index contributed by atoms with van der Waals surface area (Å²) in [5.74, 6) is 0.806. The number of rotatable bonds is 3. The lowest BCUT2D eigenvalue weighted by Crippen LogP contribution is -2.17. The number of nitrogens with one attached hydrogen (secondary N) is 1. The van der Waals surface area contributed by atoms with E-state index in [0.717, 1.165) is 25.3 Å². The predicted molar refractivity (Wildman–Crippen MR) is 53.7 cm³/mol. The van der Waals surface area contributed by atoms with Gasteiger partial charge in [0.15, 0.2) is 0 Å². The van der Waals surface area contributed by atoms with E-state index < -0.39 is 0 Å². The van der Waals surface area contributed by atoms with Crippen LogP contribution in [0.2, 0.25) is 0 Å². The van der Waals surface area contributed by atoms with Crippen LogP contribution in [0.25, 0.3) is 0 Å². The Morgan fingerprint density at radius 1 is 1.29 bits per heavy atom. The molecule has 0 aromatic carbocycles. The van der Waals surface area contributed by atoms with Gasteiger partial charge >= 0.3 is 0 Å². The van der Waals surface area contributed by atoms with Crippen LogP contribution >= 0.6 is 0 Å². The Kier molecular flexibility index (Phi) is 3.39. The van der Waals surface area contributed by atoms with Gasteiger partial charge in [-0.1, -0.05) is 0 Å². The van der Waals surface area contributed by atoms with Gasteiger partial charge in [-0.15, -0.1) is 0 Å². The van der Waals surface area contributed by atoms with Crippen LogP contribution in [0.1, 0.15) is 32.1 Å². The van der Waals surface area contributed by atoms with E-state index in [9.17, 15) is 0 Å². The van der Waals surface area contributed by atoms with Gasteiger partial charge in [0, 0.05) is 0 Å². The Balaban J connectivity index is 1.70. The average Bonchev–Trinajstić information content (AvgIpc) is 2.79.